The van der Waals surface area contributed by atoms with Gasteiger partial charge < -0.3 is 10.6 Å². The van der Waals surface area contributed by atoms with Gasteiger partial charge in [-0.2, -0.15) is 0 Å². The van der Waals surface area contributed by atoms with Crippen LogP contribution in [0, 0.1) is 5.82 Å². The maximum atomic E-state index is 13.1. The highest BCUT2D eigenvalue weighted by molar-refractivity contribution is 7.92. The number of carbonyl (C=O) groups is 2. The first-order chi connectivity index (χ1) is 15.3. The van der Waals surface area contributed by atoms with Crippen LogP contribution in [-0.4, -0.2) is 26.3 Å². The van der Waals surface area contributed by atoms with Gasteiger partial charge in [0, 0.05) is 17.3 Å². The lowest BCUT2D eigenvalue weighted by Gasteiger charge is -2.13. The van der Waals surface area contributed by atoms with Crippen LogP contribution >= 0.6 is 0 Å². The molecule has 9 heteroatoms. The molecule has 0 atom stereocenters. The number of carbonyl (C=O) groups excluding carboxylic acids is 2. The third kappa shape index (κ3) is 5.12. The summed E-state index contributed by atoms with van der Waals surface area (Å²) < 4.78 is 40.8. The monoisotopic (exact) mass is 453 g/mol. The molecule has 2 amide bonds. The van der Waals surface area contributed by atoms with Crippen molar-refractivity contribution in [1.82, 2.24) is 5.32 Å². The van der Waals surface area contributed by atoms with Crippen molar-refractivity contribution in [3.8, 4) is 0 Å². The highest BCUT2D eigenvalue weighted by Gasteiger charge is 2.24. The Hall–Kier alpha value is -3.72. The number of sulfonamides is 1. The standard InChI is InChI=1S/C23H20FN3O4S/c24-16-8-12-19(13-9-16)32(30,31)27-21-7-2-1-6-20(21)23(29)26-18-5-3-4-15(14-18)22(28)25-17-10-11-17/h1-9,12-14,17,27H,10-11H2,(H,25,28)(H,26,29). The SMILES string of the molecule is O=C(NC1CC1)c1cccc(NC(=O)c2ccccc2NS(=O)(=O)c2ccc(F)cc2)c1. The predicted molar refractivity (Wildman–Crippen MR) is 119 cm³/mol. The number of rotatable bonds is 7. The van der Waals surface area contributed by atoms with Gasteiger partial charge in [-0.1, -0.05) is 18.2 Å². The van der Waals surface area contributed by atoms with Crippen molar-refractivity contribution in [3.63, 3.8) is 0 Å². The second kappa shape index (κ2) is 8.80. The highest BCUT2D eigenvalue weighted by Crippen LogP contribution is 2.23. The third-order valence-corrected chi connectivity index (χ3v) is 6.22. The smallest absolute Gasteiger partial charge is 0.261 e. The molecule has 0 spiro atoms. The largest absolute Gasteiger partial charge is 0.349 e. The van der Waals surface area contributed by atoms with Crippen LogP contribution in [0.25, 0.3) is 0 Å². The topological polar surface area (TPSA) is 104 Å². The quantitative estimate of drug-likeness (QED) is 0.507. The molecule has 3 aromatic rings. The Kier molecular flexibility index (Phi) is 5.91. The normalized spacial score (nSPS) is 13.3. The minimum atomic E-state index is -4.03. The Balaban J connectivity index is 1.53. The first kappa shape index (κ1) is 21.5. The number of halogens is 1. The minimum absolute atomic E-state index is 0.0666. The zero-order valence-corrected chi connectivity index (χ0v) is 17.7. The average molecular weight is 453 g/mol. The summed E-state index contributed by atoms with van der Waals surface area (Å²) in [4.78, 5) is 25.0. The number of anilines is 2. The molecular formula is C23H20FN3O4S. The van der Waals surface area contributed by atoms with Gasteiger partial charge >= 0.3 is 0 Å². The molecule has 0 aliphatic heterocycles. The molecule has 0 saturated heterocycles. The molecule has 1 saturated carbocycles. The van der Waals surface area contributed by atoms with Crippen LogP contribution in [0.3, 0.4) is 0 Å². The summed E-state index contributed by atoms with van der Waals surface area (Å²) in [6, 6.07) is 17.2. The lowest BCUT2D eigenvalue weighted by atomic mass is 10.1. The van der Waals surface area contributed by atoms with E-state index in [0.29, 0.717) is 11.3 Å². The molecule has 0 heterocycles. The summed E-state index contributed by atoms with van der Waals surface area (Å²) in [6.45, 7) is 0. The van der Waals surface area contributed by atoms with Gasteiger partial charge in [0.15, 0.2) is 0 Å². The summed E-state index contributed by atoms with van der Waals surface area (Å²) in [7, 11) is -4.03. The van der Waals surface area contributed by atoms with Crippen molar-refractivity contribution in [1.29, 1.82) is 0 Å². The maximum Gasteiger partial charge on any atom is 0.261 e. The van der Waals surface area contributed by atoms with Crippen LogP contribution in [0.15, 0.2) is 77.7 Å². The van der Waals surface area contributed by atoms with E-state index in [4.69, 9.17) is 0 Å². The van der Waals surface area contributed by atoms with Crippen molar-refractivity contribution in [3.05, 3.63) is 89.7 Å². The van der Waals surface area contributed by atoms with Gasteiger partial charge in [0.05, 0.1) is 16.1 Å². The van der Waals surface area contributed by atoms with Gasteiger partial charge in [0.25, 0.3) is 21.8 Å². The predicted octanol–water partition coefficient (Wildman–Crippen LogP) is 3.77. The Morgan fingerprint density at radius 3 is 2.31 bits per heavy atom. The molecule has 0 radical (unpaired) electrons. The number of hydrogen-bond donors (Lipinski definition) is 3. The molecule has 0 unspecified atom stereocenters. The molecule has 1 fully saturated rings. The van der Waals surface area contributed by atoms with Gasteiger partial charge in [0.2, 0.25) is 0 Å². The number of para-hydroxylation sites is 1. The minimum Gasteiger partial charge on any atom is -0.349 e. The van der Waals surface area contributed by atoms with Crippen LogP contribution in [0.1, 0.15) is 33.6 Å². The van der Waals surface area contributed by atoms with Crippen LogP contribution in [0.4, 0.5) is 15.8 Å². The second-order valence-electron chi connectivity index (χ2n) is 7.39. The molecule has 4 rings (SSSR count). The average Bonchev–Trinajstić information content (AvgIpc) is 3.58. The molecule has 1 aliphatic rings. The van der Waals surface area contributed by atoms with E-state index >= 15 is 0 Å². The molecule has 0 bridgehead atoms. The molecule has 164 valence electrons. The lowest BCUT2D eigenvalue weighted by Crippen LogP contribution is -2.25. The van der Waals surface area contributed by atoms with E-state index in [2.05, 4.69) is 15.4 Å². The van der Waals surface area contributed by atoms with Crippen LogP contribution < -0.4 is 15.4 Å². The molecule has 7 nitrogen and oxygen atoms in total. The van der Waals surface area contributed by atoms with Crippen LogP contribution in [0.2, 0.25) is 0 Å². The van der Waals surface area contributed by atoms with Gasteiger partial charge in [0.1, 0.15) is 5.82 Å². The van der Waals surface area contributed by atoms with Crippen molar-refractivity contribution < 1.29 is 22.4 Å². The summed E-state index contributed by atoms with van der Waals surface area (Å²) in [6.07, 6.45) is 1.93. The summed E-state index contributed by atoms with van der Waals surface area (Å²) in [5.74, 6) is -1.32. The fraction of sp³-hybridized carbons (Fsp3) is 0.130. The molecular weight excluding hydrogens is 433 g/mol. The molecule has 3 N–H and O–H groups in total. The van der Waals surface area contributed by atoms with Gasteiger partial charge in [-0.3, -0.25) is 14.3 Å². The maximum absolute atomic E-state index is 13.1. The Bertz CT molecular complexity index is 1270. The van der Waals surface area contributed by atoms with Crippen LogP contribution in [-0.2, 0) is 10.0 Å². The van der Waals surface area contributed by atoms with Gasteiger partial charge in [-0.15, -0.1) is 0 Å². The fourth-order valence-electron chi connectivity index (χ4n) is 3.02. The van der Waals surface area contributed by atoms with Crippen molar-refractivity contribution in [2.45, 2.75) is 23.8 Å². The van der Waals surface area contributed by atoms with Crippen LogP contribution in [0.5, 0.6) is 0 Å². The zero-order valence-electron chi connectivity index (χ0n) is 16.8. The number of hydrogen-bond acceptors (Lipinski definition) is 4. The summed E-state index contributed by atoms with van der Waals surface area (Å²) >= 11 is 0. The van der Waals surface area contributed by atoms with Crippen molar-refractivity contribution in [2.24, 2.45) is 0 Å². The Labute approximate surface area is 184 Å². The van der Waals surface area contributed by atoms with E-state index in [1.807, 2.05) is 0 Å². The summed E-state index contributed by atoms with van der Waals surface area (Å²) in [5, 5.41) is 5.58. The summed E-state index contributed by atoms with van der Waals surface area (Å²) in [5.41, 5.74) is 0.970. The molecule has 32 heavy (non-hydrogen) atoms. The third-order valence-electron chi connectivity index (χ3n) is 4.84. The first-order valence-electron chi connectivity index (χ1n) is 9.91. The van der Waals surface area contributed by atoms with Crippen molar-refractivity contribution in [2.75, 3.05) is 10.0 Å². The number of benzene rings is 3. The molecule has 0 aromatic heterocycles. The van der Waals surface area contributed by atoms with E-state index < -0.39 is 21.7 Å². The zero-order chi connectivity index (χ0) is 22.7. The second-order valence-corrected chi connectivity index (χ2v) is 9.07. The number of amides is 2. The van der Waals surface area contributed by atoms with Gasteiger partial charge in [-0.05, 0) is 67.4 Å². The number of nitrogens with one attached hydrogen (secondary N) is 3. The van der Waals surface area contributed by atoms with E-state index in [0.717, 1.165) is 37.1 Å². The van der Waals surface area contributed by atoms with Crippen molar-refractivity contribution >= 4 is 33.2 Å². The molecule has 3 aromatic carbocycles. The van der Waals surface area contributed by atoms with E-state index in [1.54, 1.807) is 36.4 Å². The highest BCUT2D eigenvalue weighted by atomic mass is 32.2. The van der Waals surface area contributed by atoms with E-state index in [1.165, 1.54) is 12.1 Å². The lowest BCUT2D eigenvalue weighted by molar-refractivity contribution is 0.0949. The Morgan fingerprint density at radius 1 is 0.875 bits per heavy atom. The van der Waals surface area contributed by atoms with E-state index in [-0.39, 0.29) is 28.1 Å². The molecule has 1 aliphatic carbocycles. The van der Waals surface area contributed by atoms with Gasteiger partial charge in [-0.25, -0.2) is 12.8 Å². The first-order valence-corrected chi connectivity index (χ1v) is 11.4. The fourth-order valence-corrected chi connectivity index (χ4v) is 4.10. The Morgan fingerprint density at radius 2 is 1.59 bits per heavy atom. The van der Waals surface area contributed by atoms with E-state index in [9.17, 15) is 22.4 Å².